The third-order valence-electron chi connectivity index (χ3n) is 5.59. The molecule has 1 aromatic rings. The fraction of sp³-hybridized carbons (Fsp3) is 0.625. The largest absolute Gasteiger partial charge is 0.243 e. The van der Waals surface area contributed by atoms with Crippen molar-refractivity contribution in [3.05, 3.63) is 29.8 Å². The standard InChI is InChI=1S/C16H23NO2S/c1-13-6-8-14(9-7-13)20(18,19)17-12-15(2)10-4-5-11-16(15,17)3/h6-9H,4-5,10-12H2,1-3H3/t15-,16+/m1/s1. The number of fused-ring (bicyclic) bond motifs is 1. The molecule has 0 spiro atoms. The maximum absolute atomic E-state index is 12.9. The van der Waals surface area contributed by atoms with Gasteiger partial charge in [-0.1, -0.05) is 37.5 Å². The van der Waals surface area contributed by atoms with Gasteiger partial charge in [0.25, 0.3) is 0 Å². The fourth-order valence-corrected chi connectivity index (χ4v) is 5.85. The minimum Gasteiger partial charge on any atom is -0.207 e. The van der Waals surface area contributed by atoms with Crippen molar-refractivity contribution in [3.8, 4) is 0 Å². The van der Waals surface area contributed by atoms with E-state index in [9.17, 15) is 8.42 Å². The summed E-state index contributed by atoms with van der Waals surface area (Å²) in [6, 6.07) is 7.20. The third-order valence-corrected chi connectivity index (χ3v) is 7.57. The normalized spacial score (nSPS) is 34.4. The van der Waals surface area contributed by atoms with Crippen LogP contribution in [-0.4, -0.2) is 24.8 Å². The van der Waals surface area contributed by atoms with Gasteiger partial charge in [0.15, 0.2) is 0 Å². The maximum Gasteiger partial charge on any atom is 0.243 e. The molecule has 0 amide bonds. The van der Waals surface area contributed by atoms with Crippen LogP contribution >= 0.6 is 0 Å². The summed E-state index contributed by atoms with van der Waals surface area (Å²) in [5, 5.41) is 0. The highest BCUT2D eigenvalue weighted by Crippen LogP contribution is 2.57. The molecule has 0 radical (unpaired) electrons. The summed E-state index contributed by atoms with van der Waals surface area (Å²) in [6.45, 7) is 7.01. The van der Waals surface area contributed by atoms with Crippen molar-refractivity contribution >= 4 is 10.0 Å². The van der Waals surface area contributed by atoms with Gasteiger partial charge in [-0.3, -0.25) is 0 Å². The van der Waals surface area contributed by atoms with Crippen LogP contribution in [0.4, 0.5) is 0 Å². The van der Waals surface area contributed by atoms with Crippen molar-refractivity contribution in [1.29, 1.82) is 0 Å². The minimum atomic E-state index is -3.35. The summed E-state index contributed by atoms with van der Waals surface area (Å²) in [5.74, 6) is 0. The van der Waals surface area contributed by atoms with Crippen LogP contribution in [-0.2, 0) is 10.0 Å². The van der Waals surface area contributed by atoms with Gasteiger partial charge < -0.3 is 0 Å². The molecular formula is C16H23NO2S. The second-order valence-corrected chi connectivity index (χ2v) is 8.73. The van der Waals surface area contributed by atoms with Crippen LogP contribution in [0.2, 0.25) is 0 Å². The van der Waals surface area contributed by atoms with E-state index in [1.807, 2.05) is 19.1 Å². The van der Waals surface area contributed by atoms with Gasteiger partial charge in [-0.05, 0) is 38.8 Å². The summed E-state index contributed by atoms with van der Waals surface area (Å²) in [7, 11) is -3.35. The predicted molar refractivity (Wildman–Crippen MR) is 80.1 cm³/mol. The lowest BCUT2D eigenvalue weighted by Gasteiger charge is -2.65. The summed E-state index contributed by atoms with van der Waals surface area (Å²) in [6.07, 6.45) is 4.48. The molecule has 2 atom stereocenters. The molecule has 1 heterocycles. The van der Waals surface area contributed by atoms with Crippen LogP contribution in [0.3, 0.4) is 0 Å². The molecule has 3 rings (SSSR count). The van der Waals surface area contributed by atoms with E-state index in [4.69, 9.17) is 0 Å². The molecular weight excluding hydrogens is 270 g/mol. The number of rotatable bonds is 2. The van der Waals surface area contributed by atoms with E-state index in [2.05, 4.69) is 13.8 Å². The van der Waals surface area contributed by atoms with E-state index in [0.717, 1.165) is 24.8 Å². The van der Waals surface area contributed by atoms with Crippen LogP contribution in [0, 0.1) is 12.3 Å². The van der Waals surface area contributed by atoms with E-state index in [1.54, 1.807) is 16.4 Å². The van der Waals surface area contributed by atoms with Crippen molar-refractivity contribution in [2.45, 2.75) is 56.9 Å². The summed E-state index contributed by atoms with van der Waals surface area (Å²) < 4.78 is 27.4. The Hall–Kier alpha value is -0.870. The second kappa shape index (κ2) is 4.31. The van der Waals surface area contributed by atoms with Crippen LogP contribution in [0.5, 0.6) is 0 Å². The number of sulfonamides is 1. The van der Waals surface area contributed by atoms with E-state index < -0.39 is 10.0 Å². The first-order chi connectivity index (χ1) is 9.30. The quantitative estimate of drug-likeness (QED) is 0.838. The molecule has 2 fully saturated rings. The fourth-order valence-electron chi connectivity index (χ4n) is 3.82. The Morgan fingerprint density at radius 2 is 1.65 bits per heavy atom. The lowest BCUT2D eigenvalue weighted by atomic mass is 9.57. The highest BCUT2D eigenvalue weighted by Gasteiger charge is 2.63. The van der Waals surface area contributed by atoms with E-state index in [0.29, 0.717) is 11.4 Å². The lowest BCUT2D eigenvalue weighted by Crippen LogP contribution is -2.73. The van der Waals surface area contributed by atoms with Crippen molar-refractivity contribution in [3.63, 3.8) is 0 Å². The van der Waals surface area contributed by atoms with Gasteiger partial charge in [0.2, 0.25) is 10.0 Å². The van der Waals surface area contributed by atoms with Crippen LogP contribution in [0.25, 0.3) is 0 Å². The molecule has 110 valence electrons. The predicted octanol–water partition coefficient (Wildman–Crippen LogP) is 3.34. The van der Waals surface area contributed by atoms with E-state index >= 15 is 0 Å². The monoisotopic (exact) mass is 293 g/mol. The van der Waals surface area contributed by atoms with Gasteiger partial charge in [-0.15, -0.1) is 0 Å². The first-order valence-electron chi connectivity index (χ1n) is 7.39. The van der Waals surface area contributed by atoms with Crippen molar-refractivity contribution in [1.82, 2.24) is 4.31 Å². The highest BCUT2D eigenvalue weighted by atomic mass is 32.2. The number of benzene rings is 1. The van der Waals surface area contributed by atoms with Gasteiger partial charge in [0.1, 0.15) is 0 Å². The molecule has 1 saturated carbocycles. The summed E-state index contributed by atoms with van der Waals surface area (Å²) >= 11 is 0. The topological polar surface area (TPSA) is 37.4 Å². The van der Waals surface area contributed by atoms with Crippen molar-refractivity contribution in [2.24, 2.45) is 5.41 Å². The molecule has 1 saturated heterocycles. The minimum absolute atomic E-state index is 0.156. The maximum atomic E-state index is 12.9. The van der Waals surface area contributed by atoms with Gasteiger partial charge in [0, 0.05) is 17.5 Å². The number of hydrogen-bond acceptors (Lipinski definition) is 2. The molecule has 0 aromatic heterocycles. The Morgan fingerprint density at radius 1 is 1.05 bits per heavy atom. The Bertz CT molecular complexity index is 622. The molecule has 4 heteroatoms. The van der Waals surface area contributed by atoms with Gasteiger partial charge in [0.05, 0.1) is 4.90 Å². The number of hydrogen-bond donors (Lipinski definition) is 0. The summed E-state index contributed by atoms with van der Waals surface area (Å²) in [5.41, 5.74) is 1.04. The Morgan fingerprint density at radius 3 is 2.25 bits per heavy atom. The highest BCUT2D eigenvalue weighted by molar-refractivity contribution is 7.89. The molecule has 1 aliphatic heterocycles. The van der Waals surface area contributed by atoms with Crippen LogP contribution < -0.4 is 0 Å². The smallest absolute Gasteiger partial charge is 0.207 e. The van der Waals surface area contributed by atoms with Gasteiger partial charge in [-0.2, -0.15) is 4.31 Å². The summed E-state index contributed by atoms with van der Waals surface area (Å²) in [4.78, 5) is 0.428. The molecule has 0 unspecified atom stereocenters. The Balaban J connectivity index is 1.96. The van der Waals surface area contributed by atoms with Gasteiger partial charge >= 0.3 is 0 Å². The first kappa shape index (κ1) is 14.1. The molecule has 20 heavy (non-hydrogen) atoms. The van der Waals surface area contributed by atoms with Crippen LogP contribution in [0.15, 0.2) is 29.2 Å². The van der Waals surface area contributed by atoms with Crippen LogP contribution in [0.1, 0.15) is 45.1 Å². The number of aryl methyl sites for hydroxylation is 1. The van der Waals surface area contributed by atoms with Crippen molar-refractivity contribution in [2.75, 3.05) is 6.54 Å². The molecule has 0 N–H and O–H groups in total. The molecule has 0 bridgehead atoms. The average Bonchev–Trinajstić information content (AvgIpc) is 2.39. The second-order valence-electron chi connectivity index (χ2n) is 6.87. The van der Waals surface area contributed by atoms with E-state index in [1.165, 1.54) is 6.42 Å². The zero-order valence-electron chi connectivity index (χ0n) is 12.5. The third kappa shape index (κ3) is 1.77. The SMILES string of the molecule is Cc1ccc(S(=O)(=O)N2C[C@@]3(C)CCCC[C@]23C)cc1. The Labute approximate surface area is 122 Å². The average molecular weight is 293 g/mol. The zero-order valence-corrected chi connectivity index (χ0v) is 13.3. The van der Waals surface area contributed by atoms with Crippen molar-refractivity contribution < 1.29 is 8.42 Å². The Kier molecular flexibility index (Phi) is 3.04. The zero-order chi connectivity index (χ0) is 14.6. The molecule has 1 aliphatic carbocycles. The molecule has 1 aromatic carbocycles. The van der Waals surface area contributed by atoms with Gasteiger partial charge in [-0.25, -0.2) is 8.42 Å². The first-order valence-corrected chi connectivity index (χ1v) is 8.83. The number of nitrogens with zero attached hydrogens (tertiary/aromatic N) is 1. The molecule has 2 aliphatic rings. The molecule has 3 nitrogen and oxygen atoms in total. The van der Waals surface area contributed by atoms with E-state index in [-0.39, 0.29) is 11.0 Å². The lowest BCUT2D eigenvalue weighted by molar-refractivity contribution is -0.110.